The molecule has 0 saturated carbocycles. The Kier molecular flexibility index (Phi) is 4.39. The molecule has 0 aliphatic heterocycles. The average Bonchev–Trinajstić information content (AvgIpc) is 2.95. The molecule has 24 heavy (non-hydrogen) atoms. The Hall–Kier alpha value is -2.61. The fraction of sp³-hybridized carbons (Fsp3) is 0.250. The summed E-state index contributed by atoms with van der Waals surface area (Å²) in [6.07, 6.45) is 0. The summed E-state index contributed by atoms with van der Waals surface area (Å²) in [5.41, 5.74) is 1.50. The van der Waals surface area contributed by atoms with Gasteiger partial charge in [-0.1, -0.05) is 28.5 Å². The zero-order chi connectivity index (χ0) is 17.3. The Morgan fingerprint density at radius 2 is 2.12 bits per heavy atom. The number of carbonyl (C=O) groups is 1. The number of thioether (sulfide) groups is 1. The number of aromatic nitrogens is 3. The summed E-state index contributed by atoms with van der Waals surface area (Å²) in [5, 5.41) is 7.40. The molecule has 8 heteroatoms. The smallest absolute Gasteiger partial charge is 0.261 e. The van der Waals surface area contributed by atoms with Crippen LogP contribution in [0.25, 0.3) is 10.9 Å². The minimum absolute atomic E-state index is 0.115. The number of aryl methyl sites for hydroxylation is 2. The molecular weight excluding hydrogens is 328 g/mol. The van der Waals surface area contributed by atoms with Gasteiger partial charge in [-0.2, -0.15) is 0 Å². The Morgan fingerprint density at radius 3 is 2.83 bits per heavy atom. The molecule has 0 saturated heterocycles. The van der Waals surface area contributed by atoms with Crippen molar-refractivity contribution in [1.82, 2.24) is 14.7 Å². The van der Waals surface area contributed by atoms with Crippen molar-refractivity contribution in [2.24, 2.45) is 7.05 Å². The first kappa shape index (κ1) is 16.3. The molecule has 1 N–H and O–H groups in total. The van der Waals surface area contributed by atoms with Crippen molar-refractivity contribution >= 4 is 34.4 Å². The normalized spacial score (nSPS) is 11.0. The lowest BCUT2D eigenvalue weighted by molar-refractivity contribution is -0.113. The number of fused-ring (bicyclic) bond motifs is 1. The summed E-state index contributed by atoms with van der Waals surface area (Å²) in [4.78, 5) is 28.9. The van der Waals surface area contributed by atoms with Crippen LogP contribution in [0.1, 0.15) is 11.3 Å². The van der Waals surface area contributed by atoms with E-state index in [1.54, 1.807) is 20.0 Å². The Labute approximate surface area is 142 Å². The van der Waals surface area contributed by atoms with E-state index in [0.29, 0.717) is 27.6 Å². The van der Waals surface area contributed by atoms with Crippen LogP contribution in [0.4, 0.5) is 5.82 Å². The standard InChI is InChI=1S/C16H16N4O3S/c1-9-4-5-12-11(6-9)15(22)20(3)16(17-12)24-8-14(21)18-13-7-10(2)23-19-13/h4-7H,8H2,1-3H3,(H,18,19,21). The Bertz CT molecular complexity index is 977. The van der Waals surface area contributed by atoms with Crippen molar-refractivity contribution in [2.45, 2.75) is 19.0 Å². The van der Waals surface area contributed by atoms with Gasteiger partial charge >= 0.3 is 0 Å². The molecule has 3 rings (SSSR count). The van der Waals surface area contributed by atoms with Crippen LogP contribution in [0, 0.1) is 13.8 Å². The number of nitrogens with zero attached hydrogens (tertiary/aromatic N) is 3. The number of amides is 1. The monoisotopic (exact) mass is 344 g/mol. The van der Waals surface area contributed by atoms with E-state index in [-0.39, 0.29) is 17.2 Å². The minimum Gasteiger partial charge on any atom is -0.360 e. The van der Waals surface area contributed by atoms with Gasteiger partial charge < -0.3 is 9.84 Å². The summed E-state index contributed by atoms with van der Waals surface area (Å²) in [6.45, 7) is 3.67. The fourth-order valence-corrected chi connectivity index (χ4v) is 3.00. The van der Waals surface area contributed by atoms with E-state index in [1.165, 1.54) is 16.3 Å². The van der Waals surface area contributed by atoms with Crippen LogP contribution in [-0.4, -0.2) is 26.4 Å². The minimum atomic E-state index is -0.244. The number of nitrogens with one attached hydrogen (secondary N) is 1. The van der Waals surface area contributed by atoms with Crippen molar-refractivity contribution in [2.75, 3.05) is 11.1 Å². The molecule has 2 aromatic heterocycles. The van der Waals surface area contributed by atoms with Gasteiger partial charge in [0.15, 0.2) is 11.0 Å². The van der Waals surface area contributed by atoms with E-state index < -0.39 is 0 Å². The molecular formula is C16H16N4O3S. The number of hydrogen-bond donors (Lipinski definition) is 1. The van der Waals surface area contributed by atoms with Gasteiger partial charge in [0.25, 0.3) is 5.56 Å². The highest BCUT2D eigenvalue weighted by molar-refractivity contribution is 7.99. The van der Waals surface area contributed by atoms with Gasteiger partial charge in [0.2, 0.25) is 5.91 Å². The second kappa shape index (κ2) is 6.48. The van der Waals surface area contributed by atoms with Crippen LogP contribution < -0.4 is 10.9 Å². The highest BCUT2D eigenvalue weighted by atomic mass is 32.2. The second-order valence-electron chi connectivity index (χ2n) is 5.44. The summed E-state index contributed by atoms with van der Waals surface area (Å²) in [5.74, 6) is 0.858. The van der Waals surface area contributed by atoms with Crippen LogP contribution in [0.5, 0.6) is 0 Å². The molecule has 0 aliphatic carbocycles. The lowest BCUT2D eigenvalue weighted by Crippen LogP contribution is -2.21. The van der Waals surface area contributed by atoms with E-state index in [2.05, 4.69) is 15.5 Å². The number of hydrogen-bond acceptors (Lipinski definition) is 6. The molecule has 7 nitrogen and oxygen atoms in total. The van der Waals surface area contributed by atoms with Crippen LogP contribution in [-0.2, 0) is 11.8 Å². The second-order valence-corrected chi connectivity index (χ2v) is 6.38. The van der Waals surface area contributed by atoms with Gasteiger partial charge in [0.05, 0.1) is 16.7 Å². The molecule has 0 fully saturated rings. The molecule has 0 aliphatic rings. The van der Waals surface area contributed by atoms with E-state index in [1.807, 2.05) is 25.1 Å². The molecule has 0 spiro atoms. The van der Waals surface area contributed by atoms with Gasteiger partial charge in [-0.25, -0.2) is 4.98 Å². The number of benzene rings is 1. The van der Waals surface area contributed by atoms with Gasteiger partial charge in [0.1, 0.15) is 5.76 Å². The van der Waals surface area contributed by atoms with Gasteiger partial charge in [-0.05, 0) is 26.0 Å². The SMILES string of the molecule is Cc1ccc2nc(SCC(=O)Nc3cc(C)on3)n(C)c(=O)c2c1. The maximum atomic E-state index is 12.4. The third-order valence-electron chi connectivity index (χ3n) is 3.42. The van der Waals surface area contributed by atoms with Crippen molar-refractivity contribution in [3.05, 3.63) is 45.9 Å². The van der Waals surface area contributed by atoms with Gasteiger partial charge in [-0.3, -0.25) is 14.2 Å². The predicted molar refractivity (Wildman–Crippen MR) is 92.3 cm³/mol. The quantitative estimate of drug-likeness (QED) is 0.577. The molecule has 1 amide bonds. The lowest BCUT2D eigenvalue weighted by atomic mass is 10.2. The van der Waals surface area contributed by atoms with E-state index >= 15 is 0 Å². The predicted octanol–water partition coefficient (Wildman–Crippen LogP) is 2.27. The summed E-state index contributed by atoms with van der Waals surface area (Å²) < 4.78 is 6.35. The van der Waals surface area contributed by atoms with Gasteiger partial charge in [-0.15, -0.1) is 0 Å². The zero-order valence-corrected chi connectivity index (χ0v) is 14.3. The molecule has 0 atom stereocenters. The molecule has 2 heterocycles. The van der Waals surface area contributed by atoms with Crippen molar-refractivity contribution in [1.29, 1.82) is 0 Å². The largest absolute Gasteiger partial charge is 0.360 e. The van der Waals surface area contributed by atoms with Crippen molar-refractivity contribution < 1.29 is 9.32 Å². The van der Waals surface area contributed by atoms with E-state index in [9.17, 15) is 9.59 Å². The number of rotatable bonds is 4. The van der Waals surface area contributed by atoms with Crippen molar-refractivity contribution in [3.63, 3.8) is 0 Å². The van der Waals surface area contributed by atoms with Crippen LogP contribution in [0.2, 0.25) is 0 Å². The zero-order valence-electron chi connectivity index (χ0n) is 13.5. The highest BCUT2D eigenvalue weighted by Crippen LogP contribution is 2.18. The first-order valence-electron chi connectivity index (χ1n) is 7.27. The molecule has 1 aromatic carbocycles. The summed E-state index contributed by atoms with van der Waals surface area (Å²) in [7, 11) is 1.65. The van der Waals surface area contributed by atoms with Crippen LogP contribution in [0.15, 0.2) is 38.7 Å². The third kappa shape index (κ3) is 3.33. The maximum absolute atomic E-state index is 12.4. The Morgan fingerprint density at radius 1 is 1.33 bits per heavy atom. The lowest BCUT2D eigenvalue weighted by Gasteiger charge is -2.08. The molecule has 0 bridgehead atoms. The number of anilines is 1. The fourth-order valence-electron chi connectivity index (χ4n) is 2.23. The Balaban J connectivity index is 1.77. The summed E-state index contributed by atoms with van der Waals surface area (Å²) >= 11 is 1.20. The first-order chi connectivity index (χ1) is 11.4. The molecule has 0 radical (unpaired) electrons. The first-order valence-corrected chi connectivity index (χ1v) is 8.26. The highest BCUT2D eigenvalue weighted by Gasteiger charge is 2.12. The third-order valence-corrected chi connectivity index (χ3v) is 4.45. The van der Waals surface area contributed by atoms with Crippen LogP contribution in [0.3, 0.4) is 0 Å². The topological polar surface area (TPSA) is 90.0 Å². The molecule has 124 valence electrons. The maximum Gasteiger partial charge on any atom is 0.261 e. The molecule has 3 aromatic rings. The average molecular weight is 344 g/mol. The molecule has 0 unspecified atom stereocenters. The van der Waals surface area contributed by atoms with E-state index in [4.69, 9.17) is 4.52 Å². The number of carbonyl (C=O) groups excluding carboxylic acids is 1. The van der Waals surface area contributed by atoms with Crippen molar-refractivity contribution in [3.8, 4) is 0 Å². The summed E-state index contributed by atoms with van der Waals surface area (Å²) in [6, 6.07) is 7.17. The van der Waals surface area contributed by atoms with E-state index in [0.717, 1.165) is 5.56 Å². The van der Waals surface area contributed by atoms with Crippen LogP contribution >= 0.6 is 11.8 Å². The van der Waals surface area contributed by atoms with Gasteiger partial charge in [0, 0.05) is 13.1 Å².